The van der Waals surface area contributed by atoms with E-state index in [0.29, 0.717) is 5.56 Å². The Balaban J connectivity index is 1.59. The van der Waals surface area contributed by atoms with Gasteiger partial charge in [-0.05, 0) is 62.6 Å². The van der Waals surface area contributed by atoms with Crippen LogP contribution in [0.15, 0.2) is 54.6 Å². The molecule has 5 nitrogen and oxygen atoms in total. The van der Waals surface area contributed by atoms with Gasteiger partial charge in [0.15, 0.2) is 5.78 Å². The lowest BCUT2D eigenvalue weighted by molar-refractivity contribution is 0.104. The number of benzene rings is 2. The molecule has 0 spiro atoms. The molecule has 1 saturated heterocycles. The maximum atomic E-state index is 12.6. The predicted molar refractivity (Wildman–Crippen MR) is 126 cm³/mol. The molecule has 5 heteroatoms. The van der Waals surface area contributed by atoms with Crippen LogP contribution < -0.4 is 5.32 Å². The average molecular weight is 407 g/mol. The van der Waals surface area contributed by atoms with Gasteiger partial charge in [0.2, 0.25) is 0 Å². The smallest absolute Gasteiger partial charge is 0.185 e. The van der Waals surface area contributed by atoms with Crippen LogP contribution in [0.1, 0.15) is 21.5 Å². The lowest BCUT2D eigenvalue weighted by Crippen LogP contribution is -2.43. The molecule has 0 amide bonds. The molecule has 1 N–H and O–H groups in total. The number of hydrogen-bond acceptors (Lipinski definition) is 5. The fraction of sp³-hybridized carbons (Fsp3) is 0.400. The normalized spacial score (nSPS) is 15.7. The second kappa shape index (κ2) is 11.1. The van der Waals surface area contributed by atoms with E-state index in [-0.39, 0.29) is 5.78 Å². The summed E-state index contributed by atoms with van der Waals surface area (Å²) in [5.74, 6) is 0.0317. The van der Waals surface area contributed by atoms with Crippen molar-refractivity contribution >= 4 is 17.5 Å². The van der Waals surface area contributed by atoms with Gasteiger partial charge < -0.3 is 15.1 Å². The van der Waals surface area contributed by atoms with Gasteiger partial charge in [-0.1, -0.05) is 30.3 Å². The van der Waals surface area contributed by atoms with Crippen LogP contribution >= 0.6 is 0 Å². The summed E-state index contributed by atoms with van der Waals surface area (Å²) in [5, 5.41) is 3.37. The van der Waals surface area contributed by atoms with Gasteiger partial charge >= 0.3 is 0 Å². The zero-order chi connectivity index (χ0) is 21.3. The van der Waals surface area contributed by atoms with E-state index < -0.39 is 0 Å². The molecule has 0 bridgehead atoms. The first-order chi connectivity index (χ1) is 14.5. The molecule has 2 aromatic rings. The zero-order valence-electron chi connectivity index (χ0n) is 18.5. The van der Waals surface area contributed by atoms with Crippen LogP contribution in [0, 0.1) is 0 Å². The number of nitrogens with zero attached hydrogens (tertiary/aromatic N) is 3. The third-order valence-electron chi connectivity index (χ3n) is 5.52. The molecule has 0 unspecified atom stereocenters. The van der Waals surface area contributed by atoms with Crippen molar-refractivity contribution in [3.63, 3.8) is 0 Å². The molecule has 160 valence electrons. The molecule has 30 heavy (non-hydrogen) atoms. The highest BCUT2D eigenvalue weighted by molar-refractivity contribution is 6.07. The van der Waals surface area contributed by atoms with Gasteiger partial charge in [-0.3, -0.25) is 9.69 Å². The topological polar surface area (TPSA) is 38.8 Å². The second-order valence-electron chi connectivity index (χ2n) is 8.28. The van der Waals surface area contributed by atoms with E-state index in [1.54, 1.807) is 6.08 Å². The Morgan fingerprint density at radius 1 is 1.03 bits per heavy atom. The first kappa shape index (κ1) is 22.2. The fourth-order valence-corrected chi connectivity index (χ4v) is 3.53. The number of piperazine rings is 1. The molecule has 0 aliphatic carbocycles. The molecule has 0 radical (unpaired) electrons. The summed E-state index contributed by atoms with van der Waals surface area (Å²) in [4.78, 5) is 19.6. The number of carbonyl (C=O) groups excluding carboxylic acids is 1. The van der Waals surface area contributed by atoms with Gasteiger partial charge in [-0.25, -0.2) is 0 Å². The number of ketones is 1. The molecule has 1 fully saturated rings. The van der Waals surface area contributed by atoms with Gasteiger partial charge in [-0.15, -0.1) is 0 Å². The summed E-state index contributed by atoms with van der Waals surface area (Å²) >= 11 is 0. The van der Waals surface area contributed by atoms with Crippen LogP contribution in [0.25, 0.3) is 6.08 Å². The molecule has 0 atom stereocenters. The molecule has 0 aromatic heterocycles. The van der Waals surface area contributed by atoms with E-state index in [1.165, 1.54) is 5.56 Å². The van der Waals surface area contributed by atoms with E-state index in [1.807, 2.05) is 36.4 Å². The van der Waals surface area contributed by atoms with Gasteiger partial charge in [0, 0.05) is 57.1 Å². The van der Waals surface area contributed by atoms with E-state index in [0.717, 1.165) is 57.1 Å². The highest BCUT2D eigenvalue weighted by Gasteiger charge is 2.14. The largest absolute Gasteiger partial charge is 0.384 e. The Labute approximate surface area is 181 Å². The van der Waals surface area contributed by atoms with Crippen molar-refractivity contribution < 1.29 is 4.79 Å². The molecular weight excluding hydrogens is 372 g/mol. The standard InChI is InChI=1S/C25H34N4O/c1-27(2)15-14-26-24-11-8-22(9-12-24)25(30)13-10-21-6-4-5-7-23(21)20-29-18-16-28(3)17-19-29/h4-13,26H,14-20H2,1-3H3. The first-order valence-corrected chi connectivity index (χ1v) is 10.7. The van der Waals surface area contributed by atoms with Crippen LogP contribution in [0.2, 0.25) is 0 Å². The van der Waals surface area contributed by atoms with Crippen molar-refractivity contribution in [1.29, 1.82) is 0 Å². The highest BCUT2D eigenvalue weighted by atomic mass is 16.1. The number of hydrogen-bond donors (Lipinski definition) is 1. The van der Waals surface area contributed by atoms with E-state index >= 15 is 0 Å². The minimum absolute atomic E-state index is 0.0317. The maximum absolute atomic E-state index is 12.6. The molecule has 2 aromatic carbocycles. The Morgan fingerprint density at radius 2 is 1.73 bits per heavy atom. The van der Waals surface area contributed by atoms with E-state index in [2.05, 4.69) is 59.4 Å². The van der Waals surface area contributed by atoms with Crippen LogP contribution in [0.3, 0.4) is 0 Å². The predicted octanol–water partition coefficient (Wildman–Crippen LogP) is 3.30. The minimum atomic E-state index is 0.0317. The van der Waals surface area contributed by atoms with Crippen molar-refractivity contribution in [3.05, 3.63) is 71.3 Å². The van der Waals surface area contributed by atoms with Crippen LogP contribution in [0.4, 0.5) is 5.69 Å². The molecule has 1 aliphatic heterocycles. The minimum Gasteiger partial charge on any atom is -0.384 e. The number of allylic oxidation sites excluding steroid dienone is 1. The third kappa shape index (κ3) is 6.80. The van der Waals surface area contributed by atoms with Crippen LogP contribution in [-0.2, 0) is 6.54 Å². The summed E-state index contributed by atoms with van der Waals surface area (Å²) < 4.78 is 0. The summed E-state index contributed by atoms with van der Waals surface area (Å²) in [6.07, 6.45) is 3.65. The number of carbonyl (C=O) groups is 1. The summed E-state index contributed by atoms with van der Waals surface area (Å²) in [6, 6.07) is 16.1. The highest BCUT2D eigenvalue weighted by Crippen LogP contribution is 2.16. The van der Waals surface area contributed by atoms with E-state index in [4.69, 9.17) is 0 Å². The van der Waals surface area contributed by atoms with Gasteiger partial charge in [0.05, 0.1) is 0 Å². The van der Waals surface area contributed by atoms with Gasteiger partial charge in [0.25, 0.3) is 0 Å². The first-order valence-electron chi connectivity index (χ1n) is 10.7. The van der Waals surface area contributed by atoms with Gasteiger partial charge in [-0.2, -0.15) is 0 Å². The Bertz CT molecular complexity index is 836. The monoisotopic (exact) mass is 406 g/mol. The lowest BCUT2D eigenvalue weighted by atomic mass is 10.0. The molecule has 1 heterocycles. The van der Waals surface area contributed by atoms with Crippen molar-refractivity contribution in [3.8, 4) is 0 Å². The summed E-state index contributed by atoms with van der Waals surface area (Å²) in [7, 11) is 6.28. The number of likely N-dealkylation sites (N-methyl/N-ethyl adjacent to an activating group) is 2. The number of anilines is 1. The summed E-state index contributed by atoms with van der Waals surface area (Å²) in [5.41, 5.74) is 4.13. The van der Waals surface area contributed by atoms with Crippen molar-refractivity contribution in [1.82, 2.24) is 14.7 Å². The molecule has 1 aliphatic rings. The van der Waals surface area contributed by atoms with Crippen molar-refractivity contribution in [2.75, 3.05) is 65.7 Å². The quantitative estimate of drug-likeness (QED) is 0.511. The van der Waals surface area contributed by atoms with Crippen molar-refractivity contribution in [2.45, 2.75) is 6.54 Å². The van der Waals surface area contributed by atoms with Crippen molar-refractivity contribution in [2.24, 2.45) is 0 Å². The van der Waals surface area contributed by atoms with Gasteiger partial charge in [0.1, 0.15) is 0 Å². The average Bonchev–Trinajstić information content (AvgIpc) is 2.75. The Morgan fingerprint density at radius 3 is 2.43 bits per heavy atom. The van der Waals surface area contributed by atoms with E-state index in [9.17, 15) is 4.79 Å². The zero-order valence-corrected chi connectivity index (χ0v) is 18.5. The SMILES string of the molecule is CN(C)CCNc1ccc(C(=O)C=Cc2ccccc2CN2CCN(C)CC2)cc1. The molecule has 0 saturated carbocycles. The number of rotatable bonds is 9. The second-order valence-corrected chi connectivity index (χ2v) is 8.28. The Hall–Kier alpha value is -2.47. The van der Waals surface area contributed by atoms with Crippen LogP contribution in [-0.4, -0.2) is 80.9 Å². The van der Waals surface area contributed by atoms with Crippen LogP contribution in [0.5, 0.6) is 0 Å². The molecular formula is C25H34N4O. The third-order valence-corrected chi connectivity index (χ3v) is 5.52. The molecule has 3 rings (SSSR count). The summed E-state index contributed by atoms with van der Waals surface area (Å²) in [6.45, 7) is 7.16. The fourth-order valence-electron chi connectivity index (χ4n) is 3.53. The maximum Gasteiger partial charge on any atom is 0.185 e. The number of nitrogens with one attached hydrogen (secondary N) is 1. The Kier molecular flexibility index (Phi) is 8.20. The lowest BCUT2D eigenvalue weighted by Gasteiger charge is -2.32.